The standard InChI is InChI=1S/C15H25N3O2/c1-11(2)10-20-15-13(16)5-6-14(18-15)17-8-7-12-4-3-9-19-12/h5-6,11-12H,3-4,7-10,16H2,1-2H3,(H,17,18). The molecule has 0 aliphatic carbocycles. The third-order valence-electron chi connectivity index (χ3n) is 3.24. The summed E-state index contributed by atoms with van der Waals surface area (Å²) in [7, 11) is 0. The summed E-state index contributed by atoms with van der Waals surface area (Å²) in [6.07, 6.45) is 3.75. The average Bonchev–Trinajstić information content (AvgIpc) is 2.92. The zero-order valence-corrected chi connectivity index (χ0v) is 12.4. The first-order valence-corrected chi connectivity index (χ1v) is 7.40. The Morgan fingerprint density at radius 1 is 1.50 bits per heavy atom. The van der Waals surface area contributed by atoms with Gasteiger partial charge >= 0.3 is 0 Å². The second-order valence-electron chi connectivity index (χ2n) is 5.65. The van der Waals surface area contributed by atoms with Crippen molar-refractivity contribution in [3.05, 3.63) is 12.1 Å². The number of nitrogens with one attached hydrogen (secondary N) is 1. The number of pyridine rings is 1. The molecule has 1 unspecified atom stereocenters. The Morgan fingerprint density at radius 2 is 2.35 bits per heavy atom. The number of ether oxygens (including phenoxy) is 2. The van der Waals surface area contributed by atoms with E-state index in [4.69, 9.17) is 15.2 Å². The van der Waals surface area contributed by atoms with Gasteiger partial charge in [-0.2, -0.15) is 4.98 Å². The highest BCUT2D eigenvalue weighted by molar-refractivity contribution is 5.53. The first-order chi connectivity index (χ1) is 9.65. The summed E-state index contributed by atoms with van der Waals surface area (Å²) < 4.78 is 11.2. The van der Waals surface area contributed by atoms with E-state index in [9.17, 15) is 0 Å². The van der Waals surface area contributed by atoms with Gasteiger partial charge in [-0.05, 0) is 37.3 Å². The van der Waals surface area contributed by atoms with E-state index in [1.165, 1.54) is 12.8 Å². The lowest BCUT2D eigenvalue weighted by atomic mass is 10.2. The molecule has 1 fully saturated rings. The fraction of sp³-hybridized carbons (Fsp3) is 0.667. The lowest BCUT2D eigenvalue weighted by Crippen LogP contribution is -2.14. The molecule has 1 aromatic heterocycles. The van der Waals surface area contributed by atoms with Crippen molar-refractivity contribution >= 4 is 11.5 Å². The highest BCUT2D eigenvalue weighted by Crippen LogP contribution is 2.22. The van der Waals surface area contributed by atoms with Crippen LogP contribution in [0.15, 0.2) is 12.1 Å². The Hall–Kier alpha value is -1.49. The average molecular weight is 279 g/mol. The number of rotatable bonds is 7. The SMILES string of the molecule is CC(C)COc1nc(NCCC2CCCO2)ccc1N. The molecular formula is C15H25N3O2. The number of nitrogen functional groups attached to an aromatic ring is 1. The minimum atomic E-state index is 0.396. The minimum Gasteiger partial charge on any atom is -0.476 e. The Kier molecular flexibility index (Phi) is 5.47. The van der Waals surface area contributed by atoms with Gasteiger partial charge in [-0.1, -0.05) is 13.8 Å². The molecule has 112 valence electrons. The van der Waals surface area contributed by atoms with Gasteiger partial charge in [0, 0.05) is 13.2 Å². The summed E-state index contributed by atoms with van der Waals surface area (Å²) in [5.41, 5.74) is 6.45. The van der Waals surface area contributed by atoms with Crippen LogP contribution < -0.4 is 15.8 Å². The van der Waals surface area contributed by atoms with Crippen molar-refractivity contribution in [2.24, 2.45) is 5.92 Å². The zero-order valence-electron chi connectivity index (χ0n) is 12.4. The smallest absolute Gasteiger partial charge is 0.239 e. The third kappa shape index (κ3) is 4.56. The molecule has 5 heteroatoms. The highest BCUT2D eigenvalue weighted by Gasteiger charge is 2.14. The van der Waals surface area contributed by atoms with Crippen molar-refractivity contribution in [3.8, 4) is 5.88 Å². The quantitative estimate of drug-likeness (QED) is 0.803. The van der Waals surface area contributed by atoms with E-state index in [1.807, 2.05) is 12.1 Å². The molecule has 2 rings (SSSR count). The molecule has 1 atom stereocenters. The lowest BCUT2D eigenvalue weighted by molar-refractivity contribution is 0.107. The maximum absolute atomic E-state index is 5.87. The van der Waals surface area contributed by atoms with E-state index in [0.717, 1.165) is 25.4 Å². The van der Waals surface area contributed by atoms with E-state index < -0.39 is 0 Å². The Labute approximate surface area is 120 Å². The van der Waals surface area contributed by atoms with Crippen LogP contribution in [0.5, 0.6) is 5.88 Å². The molecule has 20 heavy (non-hydrogen) atoms. The number of anilines is 2. The molecule has 0 bridgehead atoms. The Bertz CT molecular complexity index is 418. The van der Waals surface area contributed by atoms with Crippen LogP contribution in [-0.4, -0.2) is 30.8 Å². The van der Waals surface area contributed by atoms with E-state index in [1.54, 1.807) is 0 Å². The van der Waals surface area contributed by atoms with Crippen LogP contribution in [0.1, 0.15) is 33.1 Å². The van der Waals surface area contributed by atoms with Crippen molar-refractivity contribution < 1.29 is 9.47 Å². The molecule has 5 nitrogen and oxygen atoms in total. The van der Waals surface area contributed by atoms with E-state index in [-0.39, 0.29) is 0 Å². The number of nitrogens with two attached hydrogens (primary N) is 1. The van der Waals surface area contributed by atoms with Crippen LogP contribution in [0.25, 0.3) is 0 Å². The summed E-state index contributed by atoms with van der Waals surface area (Å²) >= 11 is 0. The van der Waals surface area contributed by atoms with E-state index >= 15 is 0 Å². The van der Waals surface area contributed by atoms with Gasteiger partial charge in [-0.25, -0.2) is 0 Å². The van der Waals surface area contributed by atoms with Crippen molar-refractivity contribution in [1.29, 1.82) is 0 Å². The summed E-state index contributed by atoms with van der Waals surface area (Å²) in [5, 5.41) is 3.30. The van der Waals surface area contributed by atoms with Gasteiger partial charge in [-0.15, -0.1) is 0 Å². The summed E-state index contributed by atoms with van der Waals surface area (Å²) in [4.78, 5) is 4.41. The molecule has 0 aromatic carbocycles. The number of hydrogen-bond acceptors (Lipinski definition) is 5. The van der Waals surface area contributed by atoms with Gasteiger partial charge in [0.1, 0.15) is 5.82 Å². The maximum atomic E-state index is 5.87. The van der Waals surface area contributed by atoms with Gasteiger partial charge in [0.15, 0.2) is 0 Å². The van der Waals surface area contributed by atoms with Crippen LogP contribution in [0, 0.1) is 5.92 Å². The van der Waals surface area contributed by atoms with E-state index in [0.29, 0.717) is 30.2 Å². The lowest BCUT2D eigenvalue weighted by Gasteiger charge is -2.13. The molecular weight excluding hydrogens is 254 g/mol. The van der Waals surface area contributed by atoms with Crippen LogP contribution >= 0.6 is 0 Å². The first kappa shape index (κ1) is 14.9. The predicted molar refractivity (Wildman–Crippen MR) is 81.1 cm³/mol. The highest BCUT2D eigenvalue weighted by atomic mass is 16.5. The Balaban J connectivity index is 1.82. The normalized spacial score (nSPS) is 18.4. The predicted octanol–water partition coefficient (Wildman–Crippen LogP) is 2.68. The molecule has 0 amide bonds. The summed E-state index contributed by atoms with van der Waals surface area (Å²) in [5.74, 6) is 1.77. The molecule has 3 N–H and O–H groups in total. The van der Waals surface area contributed by atoms with Gasteiger partial charge in [0.2, 0.25) is 5.88 Å². The molecule has 1 aliphatic heterocycles. The summed E-state index contributed by atoms with van der Waals surface area (Å²) in [6.45, 7) is 6.57. The topological polar surface area (TPSA) is 69.4 Å². The molecule has 1 aromatic rings. The maximum Gasteiger partial charge on any atom is 0.239 e. The van der Waals surface area contributed by atoms with Crippen molar-refractivity contribution in [1.82, 2.24) is 4.98 Å². The monoisotopic (exact) mass is 279 g/mol. The molecule has 0 spiro atoms. The van der Waals surface area contributed by atoms with Crippen LogP contribution in [-0.2, 0) is 4.74 Å². The zero-order chi connectivity index (χ0) is 14.4. The number of nitrogens with zero attached hydrogens (tertiary/aromatic N) is 1. The van der Waals surface area contributed by atoms with Crippen LogP contribution in [0.4, 0.5) is 11.5 Å². The minimum absolute atomic E-state index is 0.396. The van der Waals surface area contributed by atoms with Gasteiger partial charge in [0.25, 0.3) is 0 Å². The molecule has 2 heterocycles. The van der Waals surface area contributed by atoms with Crippen molar-refractivity contribution in [3.63, 3.8) is 0 Å². The fourth-order valence-electron chi connectivity index (χ4n) is 2.14. The van der Waals surface area contributed by atoms with Crippen molar-refractivity contribution in [2.45, 2.75) is 39.2 Å². The molecule has 0 saturated carbocycles. The molecule has 1 saturated heterocycles. The van der Waals surface area contributed by atoms with Crippen LogP contribution in [0.2, 0.25) is 0 Å². The summed E-state index contributed by atoms with van der Waals surface area (Å²) in [6, 6.07) is 3.71. The Morgan fingerprint density at radius 3 is 3.05 bits per heavy atom. The van der Waals surface area contributed by atoms with Gasteiger partial charge < -0.3 is 20.5 Å². The number of aromatic nitrogens is 1. The van der Waals surface area contributed by atoms with Gasteiger partial charge in [-0.3, -0.25) is 0 Å². The van der Waals surface area contributed by atoms with Gasteiger partial charge in [0.05, 0.1) is 18.4 Å². The molecule has 0 radical (unpaired) electrons. The fourth-order valence-corrected chi connectivity index (χ4v) is 2.14. The second-order valence-corrected chi connectivity index (χ2v) is 5.65. The first-order valence-electron chi connectivity index (χ1n) is 7.40. The third-order valence-corrected chi connectivity index (χ3v) is 3.24. The van der Waals surface area contributed by atoms with E-state index in [2.05, 4.69) is 24.1 Å². The van der Waals surface area contributed by atoms with Crippen LogP contribution in [0.3, 0.4) is 0 Å². The molecule has 1 aliphatic rings. The largest absolute Gasteiger partial charge is 0.476 e. The second kappa shape index (κ2) is 7.33. The van der Waals surface area contributed by atoms with Crippen molar-refractivity contribution in [2.75, 3.05) is 30.8 Å². The number of hydrogen-bond donors (Lipinski definition) is 2.